The second-order valence-corrected chi connectivity index (χ2v) is 13.7. The van der Waals surface area contributed by atoms with Crippen molar-refractivity contribution < 1.29 is 135 Å². The molecule has 16 nitrogen and oxygen atoms in total. The van der Waals surface area contributed by atoms with Crippen LogP contribution in [0.1, 0.15) is 6.92 Å². The molecular weight excluding hydrogens is 1530 g/mol. The number of rotatable bonds is 0. The van der Waals surface area contributed by atoms with Crippen LogP contribution in [-0.2, 0) is 120 Å². The van der Waals surface area contributed by atoms with E-state index in [1.54, 1.807) is 65.0 Å². The molecule has 0 saturated heterocycles. The van der Waals surface area contributed by atoms with Gasteiger partial charge in [-0.3, -0.25) is 0 Å². The van der Waals surface area contributed by atoms with Crippen molar-refractivity contribution in [1.29, 1.82) is 5.26 Å². The van der Waals surface area contributed by atoms with Gasteiger partial charge in [0.05, 0.1) is 45.9 Å². The molecule has 0 aliphatic carbocycles. The molecule has 3 radical (unpaired) electrons. The first-order valence-electron chi connectivity index (χ1n) is 13.5. The zero-order valence-electron chi connectivity index (χ0n) is 31.3. The van der Waals surface area contributed by atoms with E-state index in [9.17, 15) is 0 Å². The SMILES string of the molecule is CC#N.CN1[CH-]N(C)C(Cl)=C1Cl.CN1[CH-]N(C)C(Cl)=C1Cl.ClCCl.Clc1nc[nH]c1Cl.Cn1c[n+](C)c(Cl)c1Cl.Cn1c[n+](C)c(Cl)c1Cl.O=[N+]([O-])O.[Ag].[Ag].[Ag].[I-].[O]=[Ag]. The third kappa shape index (κ3) is 34.9. The second kappa shape index (κ2) is 45.1. The molecule has 3 aromatic heterocycles. The normalized spacial score (nSPS) is 11.3. The van der Waals surface area contributed by atoms with Gasteiger partial charge in [-0.2, -0.15) is 18.6 Å². The van der Waals surface area contributed by atoms with Gasteiger partial charge in [0.1, 0.15) is 25.8 Å². The van der Waals surface area contributed by atoms with Crippen molar-refractivity contribution in [2.45, 2.75) is 6.92 Å². The Kier molecular flexibility index (Phi) is 59.8. The summed E-state index contributed by atoms with van der Waals surface area (Å²) in [7, 11) is 14.7. The van der Waals surface area contributed by atoms with Crippen LogP contribution in [0.15, 0.2) is 39.6 Å². The molecule has 0 unspecified atom stereocenters. The minimum absolute atomic E-state index is 0. The topological polar surface area (TPSA) is 163 Å². The third-order valence-corrected chi connectivity index (χ3v) is 9.72. The van der Waals surface area contributed by atoms with Crippen molar-refractivity contribution >= 4 is 139 Å². The number of aryl methyl sites for hydroxylation is 4. The Hall–Kier alpha value is 1.97. The van der Waals surface area contributed by atoms with Crippen LogP contribution in [0.2, 0.25) is 30.9 Å². The maximum absolute atomic E-state index is 8.36. The quantitative estimate of drug-likeness (QED) is 0.0419. The first-order chi connectivity index (χ1) is 25.4. The van der Waals surface area contributed by atoms with E-state index in [0.29, 0.717) is 51.5 Å². The van der Waals surface area contributed by atoms with E-state index in [1.807, 2.05) is 82.4 Å². The van der Waals surface area contributed by atoms with E-state index in [4.69, 9.17) is 163 Å². The van der Waals surface area contributed by atoms with Crippen molar-refractivity contribution in [3.63, 3.8) is 0 Å². The summed E-state index contributed by atoms with van der Waals surface area (Å²) in [4.78, 5) is 21.6. The van der Waals surface area contributed by atoms with Crippen molar-refractivity contribution in [2.75, 3.05) is 33.5 Å². The zero-order valence-corrected chi connectivity index (χ0v) is 48.5. The summed E-state index contributed by atoms with van der Waals surface area (Å²) in [5.41, 5.74) is 0. The van der Waals surface area contributed by atoms with Gasteiger partial charge in [0.15, 0.2) is 5.15 Å². The monoisotopic (exact) mass is 1550 g/mol. The van der Waals surface area contributed by atoms with E-state index in [0.717, 1.165) is 0 Å². The van der Waals surface area contributed by atoms with Crippen molar-refractivity contribution in [2.24, 2.45) is 28.2 Å². The molecule has 5 rings (SSSR count). The van der Waals surface area contributed by atoms with Gasteiger partial charge in [0.25, 0.3) is 25.7 Å². The summed E-state index contributed by atoms with van der Waals surface area (Å²) in [6.45, 7) is 5.05. The molecule has 2 aliphatic rings. The number of nitriles is 1. The first kappa shape index (κ1) is 78.2. The Labute approximate surface area is 480 Å². The van der Waals surface area contributed by atoms with Crippen LogP contribution in [0.4, 0.5) is 0 Å². The van der Waals surface area contributed by atoms with Crippen molar-refractivity contribution in [3.05, 3.63) is 94.0 Å². The van der Waals surface area contributed by atoms with E-state index < -0.39 is 5.09 Å². The molecule has 0 fully saturated rings. The Bertz CT molecular complexity index is 1510. The minimum atomic E-state index is -1.50. The Morgan fingerprint density at radius 3 is 1.03 bits per heavy atom. The molecule has 0 bridgehead atoms. The number of aromatic amines is 1. The van der Waals surface area contributed by atoms with Gasteiger partial charge in [0.2, 0.25) is 12.7 Å². The Morgan fingerprint density at radius 1 is 0.763 bits per heavy atom. The number of nitrogens with one attached hydrogen (secondary N) is 1. The molecular formula is C26H36Ag4Cl12IN12O4-. The number of H-pyrrole nitrogens is 1. The van der Waals surface area contributed by atoms with Gasteiger partial charge >= 0.3 is 24.3 Å². The summed E-state index contributed by atoms with van der Waals surface area (Å²) in [5, 5.41) is 26.4. The number of halogens is 13. The second-order valence-electron chi connectivity index (χ2n) is 9.25. The van der Waals surface area contributed by atoms with Crippen molar-refractivity contribution in [3.8, 4) is 6.07 Å². The van der Waals surface area contributed by atoms with Crippen LogP contribution in [0.3, 0.4) is 0 Å². The molecule has 2 N–H and O–H groups in total. The zero-order chi connectivity index (χ0) is 44.3. The third-order valence-electron chi connectivity index (χ3n) is 5.09. The molecule has 0 spiro atoms. The van der Waals surface area contributed by atoms with E-state index >= 15 is 0 Å². The molecule has 33 heteroatoms. The fourth-order valence-corrected chi connectivity index (χ4v) is 4.49. The number of imidazole rings is 3. The fourth-order valence-electron chi connectivity index (χ4n) is 2.87. The standard InChI is InChI=1S/4C5H7Cl2N2.C3H2Cl2N2.C2H3N.CH2Cl2.4Ag.HI.HNO3.O/c4*1-8-3-9(2)5(7)4(8)6;4-2-3(5)7-1-6-2;1-2-3;2-1-3;;;;;;2-1(3)4;/h4*3H,1-2H3;1H,(H,6,7);1H3;1H2;;;;;1H;(H,2,3,4);/q2*-1;2*+1;;;;;;;;;;/p-1. The van der Waals surface area contributed by atoms with Gasteiger partial charge in [-0.05, 0) is 74.6 Å². The summed E-state index contributed by atoms with van der Waals surface area (Å²) < 4.78 is 15.1. The summed E-state index contributed by atoms with van der Waals surface area (Å²) in [6, 6.07) is 1.75. The molecule has 0 amide bonds. The average molecular weight is 1560 g/mol. The molecule has 0 saturated carbocycles. The molecule has 5 heterocycles. The predicted octanol–water partition coefficient (Wildman–Crippen LogP) is 5.68. The van der Waals surface area contributed by atoms with Crippen LogP contribution < -0.4 is 33.1 Å². The van der Waals surface area contributed by atoms with E-state index in [2.05, 4.69) is 9.97 Å². The van der Waals surface area contributed by atoms with E-state index in [1.165, 1.54) is 13.3 Å². The molecule has 0 atom stereocenters. The number of alkyl halides is 2. The number of nitrogens with zero attached hydrogens (tertiary/aromatic N) is 11. The Morgan fingerprint density at radius 2 is 0.983 bits per heavy atom. The van der Waals surface area contributed by atoms with Crippen LogP contribution >= 0.6 is 139 Å². The van der Waals surface area contributed by atoms with Gasteiger partial charge in [-0.15, -0.1) is 33.3 Å². The van der Waals surface area contributed by atoms with Crippen LogP contribution in [0.25, 0.3) is 0 Å². The molecule has 0 aromatic carbocycles. The van der Waals surface area contributed by atoms with Gasteiger partial charge in [0, 0.05) is 74.1 Å². The first-order valence-corrected chi connectivity index (χ1v) is 19.0. The summed E-state index contributed by atoms with van der Waals surface area (Å²) >= 11 is 67.6. The number of aromatic nitrogens is 6. The van der Waals surface area contributed by atoms with Crippen LogP contribution in [0.5, 0.6) is 0 Å². The summed E-state index contributed by atoms with van der Waals surface area (Å²) in [5.74, 6) is 0. The number of hydrogen-bond acceptors (Lipinski definition) is 9. The van der Waals surface area contributed by atoms with Gasteiger partial charge in [-0.25, -0.2) is 23.3 Å². The van der Waals surface area contributed by atoms with Gasteiger partial charge in [-0.1, -0.05) is 69.6 Å². The maximum atomic E-state index is 8.36. The van der Waals surface area contributed by atoms with E-state index in [-0.39, 0.29) is 96.5 Å². The van der Waals surface area contributed by atoms with Crippen molar-refractivity contribution in [1.82, 2.24) is 38.7 Å². The van der Waals surface area contributed by atoms with Crippen LogP contribution in [0, 0.1) is 34.8 Å². The van der Waals surface area contributed by atoms with Gasteiger partial charge < -0.3 is 53.8 Å². The molecule has 59 heavy (non-hydrogen) atoms. The van der Waals surface area contributed by atoms with Crippen LogP contribution in [-0.4, -0.2) is 82.5 Å². The molecule has 360 valence electrons. The predicted molar refractivity (Wildman–Crippen MR) is 216 cm³/mol. The summed E-state index contributed by atoms with van der Waals surface area (Å²) in [6.07, 6.45) is 5.06. The molecule has 3 aromatic rings. The number of hydrogen-bond donors (Lipinski definition) is 2. The molecule has 2 aliphatic heterocycles. The fraction of sp³-hybridized carbons (Fsp3) is 0.385. The average Bonchev–Trinajstić information content (AvgIpc) is 3.81. The Balaban J connectivity index is -0.0000000848.